The van der Waals surface area contributed by atoms with Gasteiger partial charge in [0.2, 0.25) is 0 Å². The van der Waals surface area contributed by atoms with Gasteiger partial charge in [0.1, 0.15) is 29.8 Å². The molecule has 4 rings (SSSR count). The Labute approximate surface area is 287 Å². The molecule has 2 saturated heterocycles. The highest BCUT2D eigenvalue weighted by atomic mass is 16.7. The Kier molecular flexibility index (Phi) is 12.2. The lowest BCUT2D eigenvalue weighted by molar-refractivity contribution is -0.300. The summed E-state index contributed by atoms with van der Waals surface area (Å²) >= 11 is 0. The van der Waals surface area contributed by atoms with Crippen molar-refractivity contribution in [2.75, 3.05) is 21.2 Å². The van der Waals surface area contributed by atoms with Crippen LogP contribution >= 0.6 is 0 Å². The van der Waals surface area contributed by atoms with E-state index in [2.05, 4.69) is 13.8 Å². The predicted molar refractivity (Wildman–Crippen MR) is 180 cm³/mol. The molecule has 0 spiro atoms. The van der Waals surface area contributed by atoms with E-state index in [0.717, 1.165) is 5.56 Å². The third-order valence-electron chi connectivity index (χ3n) is 12.0. The van der Waals surface area contributed by atoms with Crippen LogP contribution in [0.2, 0.25) is 0 Å². The number of esters is 1. The lowest BCUT2D eigenvalue weighted by Gasteiger charge is -2.47. The number of ether oxygens (including phenoxy) is 6. The monoisotopic (exact) mass is 681 g/mol. The summed E-state index contributed by atoms with van der Waals surface area (Å²) in [5.74, 6) is -0.943. The number of nitrogens with zero attached hydrogens (tertiary/aromatic N) is 1. The van der Waals surface area contributed by atoms with E-state index in [4.69, 9.17) is 32.8 Å². The van der Waals surface area contributed by atoms with E-state index in [-0.39, 0.29) is 24.2 Å². The number of likely N-dealkylation sites (N-methyl/N-ethyl adjacent to an activating group) is 1. The molecule has 0 saturated carbocycles. The minimum Gasteiger partial charge on any atom is -0.463 e. The first-order chi connectivity index (χ1) is 22.2. The number of furan rings is 1. The molecule has 1 aromatic heterocycles. The molecule has 11 nitrogen and oxygen atoms in total. The quantitative estimate of drug-likeness (QED) is 0.378. The van der Waals surface area contributed by atoms with E-state index >= 15 is 0 Å². The van der Waals surface area contributed by atoms with Crippen LogP contribution in [0.4, 0.5) is 0 Å². The molecule has 48 heavy (non-hydrogen) atoms. The van der Waals surface area contributed by atoms with Crippen molar-refractivity contribution in [1.82, 2.24) is 4.90 Å². The van der Waals surface area contributed by atoms with Crippen molar-refractivity contribution in [2.45, 2.75) is 162 Å². The van der Waals surface area contributed by atoms with Crippen molar-refractivity contribution in [1.29, 1.82) is 0 Å². The number of methoxy groups -OCH3 is 1. The number of hydrogen-bond acceptors (Lipinski definition) is 11. The van der Waals surface area contributed by atoms with Crippen LogP contribution in [0.25, 0.3) is 0 Å². The summed E-state index contributed by atoms with van der Waals surface area (Å²) in [7, 11) is 5.56. The summed E-state index contributed by atoms with van der Waals surface area (Å²) < 4.78 is 44.9. The Morgan fingerprint density at radius 1 is 0.958 bits per heavy atom. The van der Waals surface area contributed by atoms with Crippen LogP contribution in [0.15, 0.2) is 10.5 Å². The Hall–Kier alpha value is -1.57. The molecule has 10 unspecified atom stereocenters. The van der Waals surface area contributed by atoms with Gasteiger partial charge in [-0.15, -0.1) is 0 Å². The average molecular weight is 682 g/mol. The lowest BCUT2D eigenvalue weighted by atomic mass is 9.75. The van der Waals surface area contributed by atoms with Gasteiger partial charge >= 0.3 is 5.97 Å². The van der Waals surface area contributed by atoms with Crippen molar-refractivity contribution in [3.63, 3.8) is 0 Å². The van der Waals surface area contributed by atoms with Gasteiger partial charge in [0, 0.05) is 42.7 Å². The number of carbonyl (C=O) groups excluding carboxylic acids is 1. The fraction of sp³-hybridized carbons (Fsp3) is 0.865. The van der Waals surface area contributed by atoms with Gasteiger partial charge in [-0.1, -0.05) is 34.6 Å². The molecule has 0 aromatic carbocycles. The van der Waals surface area contributed by atoms with Crippen LogP contribution < -0.4 is 0 Å². The standard InChI is InChI=1S/C37H63NO10/c1-18-15-27-32(48-35-29(39)26(38(12)13)16-19(2)43-35)20(3)31(47-28-17-37(11,42-14)23(6)24(7)44-28)22(5)34(41)45-25(8)36(9,10)33(40)21(4)30(18)46-27/h15,19-26,28-29,31-33,35,39-40H,16-17H2,1-14H3/t19-,20+,21+,22-,23?,24+,25?,26?,28?,29?,31?,32?,33?,35?,37?/m1/s1. The number of cyclic esters (lactones) is 1. The number of aryl methyl sites for hydroxylation is 1. The van der Waals surface area contributed by atoms with E-state index in [1.54, 1.807) is 14.0 Å². The number of aliphatic hydroxyl groups excluding tert-OH is 2. The van der Waals surface area contributed by atoms with Gasteiger partial charge in [0.15, 0.2) is 12.6 Å². The zero-order chi connectivity index (χ0) is 36.0. The van der Waals surface area contributed by atoms with E-state index in [9.17, 15) is 15.0 Å². The zero-order valence-corrected chi connectivity index (χ0v) is 31.7. The van der Waals surface area contributed by atoms with Crippen LogP contribution in [0.3, 0.4) is 0 Å². The fourth-order valence-electron chi connectivity index (χ4n) is 7.77. The molecule has 2 bridgehead atoms. The molecule has 15 atom stereocenters. The minimum absolute atomic E-state index is 0.107. The van der Waals surface area contributed by atoms with E-state index in [0.29, 0.717) is 24.4 Å². The van der Waals surface area contributed by atoms with E-state index in [1.807, 2.05) is 80.5 Å². The first kappa shape index (κ1) is 39.2. The summed E-state index contributed by atoms with van der Waals surface area (Å²) in [6, 6.07) is 1.73. The first-order valence-corrected chi connectivity index (χ1v) is 17.7. The van der Waals surface area contributed by atoms with Gasteiger partial charge in [0.05, 0.1) is 35.9 Å². The second-order valence-electron chi connectivity index (χ2n) is 16.0. The van der Waals surface area contributed by atoms with Gasteiger partial charge in [-0.05, 0) is 73.7 Å². The molecule has 0 radical (unpaired) electrons. The van der Waals surface area contributed by atoms with Gasteiger partial charge in [-0.25, -0.2) is 0 Å². The predicted octanol–water partition coefficient (Wildman–Crippen LogP) is 5.34. The van der Waals surface area contributed by atoms with Gasteiger partial charge < -0.3 is 48.0 Å². The van der Waals surface area contributed by atoms with Crippen molar-refractivity contribution >= 4 is 5.97 Å². The summed E-state index contributed by atoms with van der Waals surface area (Å²) in [5, 5.41) is 23.2. The number of carbonyl (C=O) groups is 1. The summed E-state index contributed by atoms with van der Waals surface area (Å²) in [4.78, 5) is 16.0. The summed E-state index contributed by atoms with van der Waals surface area (Å²) in [5.41, 5.74) is -0.459. The number of hydrogen-bond donors (Lipinski definition) is 2. The Balaban J connectivity index is 1.83. The second-order valence-corrected chi connectivity index (χ2v) is 16.0. The second kappa shape index (κ2) is 15.0. The molecular weight excluding hydrogens is 618 g/mol. The van der Waals surface area contributed by atoms with Crippen LogP contribution in [-0.2, 0) is 33.2 Å². The Morgan fingerprint density at radius 3 is 2.21 bits per heavy atom. The molecule has 11 heteroatoms. The third-order valence-corrected chi connectivity index (χ3v) is 12.0. The van der Waals surface area contributed by atoms with E-state index in [1.165, 1.54) is 0 Å². The molecule has 3 aliphatic heterocycles. The van der Waals surface area contributed by atoms with Crippen LogP contribution in [0.5, 0.6) is 0 Å². The normalized spacial score (nSPS) is 44.4. The van der Waals surface area contributed by atoms with Gasteiger partial charge in [-0.2, -0.15) is 0 Å². The molecule has 0 aliphatic carbocycles. The van der Waals surface area contributed by atoms with Crippen molar-refractivity contribution < 1.29 is 47.8 Å². The molecule has 0 amide bonds. The van der Waals surface area contributed by atoms with Crippen LogP contribution in [0, 0.1) is 30.1 Å². The maximum Gasteiger partial charge on any atom is 0.311 e. The average Bonchev–Trinajstić information content (AvgIpc) is 3.41. The molecule has 1 aromatic rings. The minimum atomic E-state index is -0.980. The lowest BCUT2D eigenvalue weighted by Crippen LogP contribution is -2.55. The maximum absolute atomic E-state index is 14.0. The summed E-state index contributed by atoms with van der Waals surface area (Å²) in [6.07, 6.45) is -4.95. The fourth-order valence-corrected chi connectivity index (χ4v) is 7.77. The van der Waals surface area contributed by atoms with Crippen molar-refractivity contribution in [3.05, 3.63) is 23.2 Å². The smallest absolute Gasteiger partial charge is 0.311 e. The van der Waals surface area contributed by atoms with Crippen LogP contribution in [-0.4, -0.2) is 103 Å². The first-order valence-electron chi connectivity index (χ1n) is 17.7. The highest BCUT2D eigenvalue weighted by Crippen LogP contribution is 2.45. The van der Waals surface area contributed by atoms with E-state index < -0.39 is 77.8 Å². The molecule has 276 valence electrons. The number of rotatable bonds is 6. The largest absolute Gasteiger partial charge is 0.463 e. The van der Waals surface area contributed by atoms with Crippen molar-refractivity contribution in [2.24, 2.45) is 23.2 Å². The zero-order valence-electron chi connectivity index (χ0n) is 31.7. The molecular formula is C37H63NO10. The maximum atomic E-state index is 14.0. The molecule has 4 heterocycles. The highest BCUT2D eigenvalue weighted by molar-refractivity contribution is 5.73. The SMILES string of the molecule is COC1(C)CC(OC2[C@H](C)C(OC3O[C@H](C)CC(N(C)C)C3O)c3cc(C)c(o3)[C@H](C)C(O)C(C)(C)C(C)OC(=O)[C@@H]2C)O[C@@H](C)C1C. The van der Waals surface area contributed by atoms with Gasteiger partial charge in [0.25, 0.3) is 0 Å². The molecule has 2 N–H and O–H groups in total. The van der Waals surface area contributed by atoms with Crippen molar-refractivity contribution in [3.8, 4) is 0 Å². The Bertz CT molecular complexity index is 1230. The molecule has 2 fully saturated rings. The van der Waals surface area contributed by atoms with Crippen LogP contribution in [0.1, 0.15) is 111 Å². The third kappa shape index (κ3) is 7.68. The number of aliphatic hydroxyl groups is 2. The summed E-state index contributed by atoms with van der Waals surface area (Å²) in [6.45, 7) is 21.3. The highest BCUT2D eigenvalue weighted by Gasteiger charge is 2.49. The molecule has 3 aliphatic rings. The van der Waals surface area contributed by atoms with Gasteiger partial charge in [-0.3, -0.25) is 4.79 Å². The topological polar surface area (TPSA) is 129 Å². The Morgan fingerprint density at radius 2 is 1.60 bits per heavy atom. The number of fused-ring (bicyclic) bond motifs is 2.